The zero-order chi connectivity index (χ0) is 18.7. The van der Waals surface area contributed by atoms with Gasteiger partial charge in [-0.2, -0.15) is 5.10 Å². The molecule has 0 bridgehead atoms. The normalized spacial score (nSPS) is 21.8. The molecule has 2 aromatic carbocycles. The van der Waals surface area contributed by atoms with Crippen molar-refractivity contribution in [3.8, 4) is 17.2 Å². The summed E-state index contributed by atoms with van der Waals surface area (Å²) >= 11 is 5.28. The van der Waals surface area contributed by atoms with Crippen molar-refractivity contribution in [2.75, 3.05) is 6.79 Å². The maximum absolute atomic E-state index is 6.37. The average molecular weight is 455 g/mol. The van der Waals surface area contributed by atoms with Crippen molar-refractivity contribution in [2.24, 2.45) is 5.10 Å². The number of halogens is 1. The highest BCUT2D eigenvalue weighted by atomic mass is 79.9. The first-order chi connectivity index (χ1) is 13.8. The van der Waals surface area contributed by atoms with E-state index in [1.54, 1.807) is 11.3 Å². The number of rotatable bonds is 2. The second-order valence-corrected chi connectivity index (χ2v) is 8.78. The van der Waals surface area contributed by atoms with Gasteiger partial charge in [0.05, 0.1) is 16.6 Å². The van der Waals surface area contributed by atoms with Crippen LogP contribution in [0.15, 0.2) is 63.5 Å². The summed E-state index contributed by atoms with van der Waals surface area (Å²) in [7, 11) is 0. The number of benzene rings is 2. The van der Waals surface area contributed by atoms with Crippen LogP contribution in [-0.4, -0.2) is 17.5 Å². The molecule has 2 unspecified atom stereocenters. The Morgan fingerprint density at radius 2 is 1.93 bits per heavy atom. The van der Waals surface area contributed by atoms with Crippen molar-refractivity contribution in [3.05, 3.63) is 74.4 Å². The minimum atomic E-state index is -0.217. The summed E-state index contributed by atoms with van der Waals surface area (Å²) in [6.07, 6.45) is 0.596. The van der Waals surface area contributed by atoms with Gasteiger partial charge in [-0.15, -0.1) is 11.3 Å². The topological polar surface area (TPSA) is 43.3 Å². The first-order valence-corrected chi connectivity index (χ1v) is 10.7. The van der Waals surface area contributed by atoms with Crippen LogP contribution in [0.3, 0.4) is 0 Å². The number of hydrazone groups is 1. The highest BCUT2D eigenvalue weighted by Crippen LogP contribution is 2.49. The van der Waals surface area contributed by atoms with Crippen LogP contribution in [0, 0.1) is 0 Å². The maximum Gasteiger partial charge on any atom is 0.231 e. The molecule has 140 valence electrons. The van der Waals surface area contributed by atoms with Gasteiger partial charge in [0.1, 0.15) is 5.75 Å². The monoisotopic (exact) mass is 454 g/mol. The molecule has 0 amide bonds. The zero-order valence-corrected chi connectivity index (χ0v) is 17.1. The van der Waals surface area contributed by atoms with Gasteiger partial charge in [-0.05, 0) is 47.8 Å². The van der Waals surface area contributed by atoms with Crippen LogP contribution < -0.4 is 14.2 Å². The number of nitrogens with zero attached hydrogens (tertiary/aromatic N) is 2. The van der Waals surface area contributed by atoms with E-state index in [1.807, 2.05) is 36.4 Å². The van der Waals surface area contributed by atoms with Gasteiger partial charge in [0, 0.05) is 22.0 Å². The summed E-state index contributed by atoms with van der Waals surface area (Å²) in [6.45, 7) is 0.274. The number of hydrogen-bond acceptors (Lipinski definition) is 6. The molecule has 0 saturated carbocycles. The lowest BCUT2D eigenvalue weighted by Gasteiger charge is -2.37. The van der Waals surface area contributed by atoms with E-state index in [4.69, 9.17) is 19.3 Å². The van der Waals surface area contributed by atoms with Crippen LogP contribution in [0.2, 0.25) is 0 Å². The quantitative estimate of drug-likeness (QED) is 0.513. The van der Waals surface area contributed by atoms with Crippen LogP contribution in [0.1, 0.15) is 34.7 Å². The van der Waals surface area contributed by atoms with Crippen molar-refractivity contribution < 1.29 is 14.2 Å². The standard InChI is InChI=1S/C21H15BrN2O3S/c22-13-4-6-17-14(9-13)16-10-15(12-3-5-18-19(8-12)26-11-25-18)23-24(16)21(27-17)20-2-1-7-28-20/h1-9,16,21H,10-11H2. The van der Waals surface area contributed by atoms with Gasteiger partial charge in [-0.25, -0.2) is 5.01 Å². The summed E-state index contributed by atoms with van der Waals surface area (Å²) in [5.74, 6) is 2.48. The van der Waals surface area contributed by atoms with Crippen molar-refractivity contribution >= 4 is 33.0 Å². The summed E-state index contributed by atoms with van der Waals surface area (Å²) in [5, 5.41) is 9.16. The predicted octanol–water partition coefficient (Wildman–Crippen LogP) is 5.48. The van der Waals surface area contributed by atoms with E-state index < -0.39 is 0 Å². The van der Waals surface area contributed by atoms with E-state index in [0.29, 0.717) is 0 Å². The lowest BCUT2D eigenvalue weighted by Crippen LogP contribution is -2.33. The SMILES string of the molecule is Brc1ccc2c(c1)C1CC(c3ccc4c(c3)OCO4)=NN1C(c1cccs1)O2. The molecule has 2 atom stereocenters. The van der Waals surface area contributed by atoms with E-state index >= 15 is 0 Å². The minimum absolute atomic E-state index is 0.133. The fraction of sp³-hybridized carbons (Fsp3) is 0.190. The van der Waals surface area contributed by atoms with Crippen molar-refractivity contribution in [1.82, 2.24) is 5.01 Å². The molecule has 4 heterocycles. The fourth-order valence-corrected chi connectivity index (χ4v) is 5.05. The molecule has 28 heavy (non-hydrogen) atoms. The smallest absolute Gasteiger partial charge is 0.231 e. The molecule has 7 heteroatoms. The van der Waals surface area contributed by atoms with E-state index in [0.717, 1.165) is 49.9 Å². The molecule has 0 radical (unpaired) electrons. The zero-order valence-electron chi connectivity index (χ0n) is 14.7. The van der Waals surface area contributed by atoms with E-state index in [2.05, 4.69) is 38.5 Å². The average Bonchev–Trinajstić information content (AvgIpc) is 3.46. The van der Waals surface area contributed by atoms with E-state index in [1.165, 1.54) is 0 Å². The first-order valence-electron chi connectivity index (χ1n) is 9.01. The number of hydrogen-bond donors (Lipinski definition) is 0. The maximum atomic E-state index is 6.37. The molecule has 0 aliphatic carbocycles. The molecule has 3 aliphatic rings. The largest absolute Gasteiger partial charge is 0.464 e. The molecule has 0 N–H and O–H groups in total. The molecular formula is C21H15BrN2O3S. The van der Waals surface area contributed by atoms with Crippen LogP contribution >= 0.6 is 27.3 Å². The predicted molar refractivity (Wildman–Crippen MR) is 110 cm³/mol. The molecule has 5 nitrogen and oxygen atoms in total. The lowest BCUT2D eigenvalue weighted by atomic mass is 9.96. The number of thiophene rings is 1. The first kappa shape index (κ1) is 16.4. The van der Waals surface area contributed by atoms with Crippen LogP contribution in [0.5, 0.6) is 17.2 Å². The molecule has 6 rings (SSSR count). The highest BCUT2D eigenvalue weighted by molar-refractivity contribution is 9.10. The van der Waals surface area contributed by atoms with Crippen molar-refractivity contribution in [2.45, 2.75) is 18.7 Å². The molecule has 0 saturated heterocycles. The van der Waals surface area contributed by atoms with E-state index in [-0.39, 0.29) is 19.1 Å². The number of ether oxygens (including phenoxy) is 3. The Hall–Kier alpha value is -2.51. The fourth-order valence-electron chi connectivity index (χ4n) is 3.93. The summed E-state index contributed by atoms with van der Waals surface area (Å²) in [6, 6.07) is 16.5. The third-order valence-corrected chi connectivity index (χ3v) is 6.64. The van der Waals surface area contributed by atoms with Crippen LogP contribution in [-0.2, 0) is 0 Å². The molecule has 3 aliphatic heterocycles. The van der Waals surface area contributed by atoms with E-state index in [9.17, 15) is 0 Å². The Morgan fingerprint density at radius 1 is 1.04 bits per heavy atom. The van der Waals surface area contributed by atoms with Gasteiger partial charge in [-0.1, -0.05) is 22.0 Å². The lowest BCUT2D eigenvalue weighted by molar-refractivity contribution is -0.0166. The second-order valence-electron chi connectivity index (χ2n) is 6.88. The van der Waals surface area contributed by atoms with Crippen LogP contribution in [0.4, 0.5) is 0 Å². The second kappa shape index (κ2) is 6.25. The Balaban J connectivity index is 1.44. The van der Waals surface area contributed by atoms with Gasteiger partial charge < -0.3 is 14.2 Å². The molecular weight excluding hydrogens is 440 g/mol. The third-order valence-electron chi connectivity index (χ3n) is 5.24. The minimum Gasteiger partial charge on any atom is -0.464 e. The summed E-state index contributed by atoms with van der Waals surface area (Å²) in [4.78, 5) is 1.15. The molecule has 1 aromatic heterocycles. The van der Waals surface area contributed by atoms with Gasteiger partial charge in [0.15, 0.2) is 11.5 Å². The van der Waals surface area contributed by atoms with Crippen molar-refractivity contribution in [3.63, 3.8) is 0 Å². The van der Waals surface area contributed by atoms with Gasteiger partial charge in [0.25, 0.3) is 0 Å². The Kier molecular flexibility index (Phi) is 3.67. The molecule has 0 fully saturated rings. The van der Waals surface area contributed by atoms with Crippen molar-refractivity contribution in [1.29, 1.82) is 0 Å². The Labute approximate surface area is 174 Å². The Morgan fingerprint density at radius 3 is 2.82 bits per heavy atom. The van der Waals surface area contributed by atoms with Gasteiger partial charge in [-0.3, -0.25) is 0 Å². The molecule has 0 spiro atoms. The molecule has 3 aromatic rings. The third kappa shape index (κ3) is 2.53. The van der Waals surface area contributed by atoms with Gasteiger partial charge >= 0.3 is 0 Å². The Bertz CT molecular complexity index is 1100. The highest BCUT2D eigenvalue weighted by Gasteiger charge is 2.41. The van der Waals surface area contributed by atoms with Crippen LogP contribution in [0.25, 0.3) is 0 Å². The summed E-state index contributed by atoms with van der Waals surface area (Å²) in [5.41, 5.74) is 3.24. The van der Waals surface area contributed by atoms with Gasteiger partial charge in [0.2, 0.25) is 13.0 Å². The number of fused-ring (bicyclic) bond motifs is 4. The summed E-state index contributed by atoms with van der Waals surface area (Å²) < 4.78 is 18.4.